The van der Waals surface area contributed by atoms with E-state index in [1.165, 1.54) is 0 Å². The number of nitrogens with zero attached hydrogens (tertiary/aromatic N) is 3. The third-order valence-corrected chi connectivity index (χ3v) is 4.00. The lowest BCUT2D eigenvalue weighted by molar-refractivity contribution is 1.06. The molecule has 4 rings (SSSR count). The number of thiazole rings is 1. The number of rotatable bonds is 0. The highest BCUT2D eigenvalue weighted by molar-refractivity contribution is 7.16. The lowest BCUT2D eigenvalue weighted by Gasteiger charge is -2.04. The van der Waals surface area contributed by atoms with Gasteiger partial charge in [0.25, 0.3) is 5.56 Å². The fraction of sp³-hybridized carbons (Fsp3) is 0.0714. The maximum absolute atomic E-state index is 12.5. The van der Waals surface area contributed by atoms with E-state index in [1.54, 1.807) is 21.2 Å². The lowest BCUT2D eigenvalue weighted by atomic mass is 10.2. The van der Waals surface area contributed by atoms with Crippen LogP contribution >= 0.6 is 11.3 Å². The van der Waals surface area contributed by atoms with Gasteiger partial charge in [0, 0.05) is 6.20 Å². The molecular weight excluding hydrogens is 258 g/mol. The van der Waals surface area contributed by atoms with Gasteiger partial charge in [0.15, 0.2) is 0 Å². The van der Waals surface area contributed by atoms with Gasteiger partial charge in [-0.1, -0.05) is 6.07 Å². The van der Waals surface area contributed by atoms with Gasteiger partial charge in [0.05, 0.1) is 26.6 Å². The van der Waals surface area contributed by atoms with Gasteiger partial charge < -0.3 is 0 Å². The number of aryl methyl sites for hydroxylation is 1. The molecule has 3 heterocycles. The van der Waals surface area contributed by atoms with Crippen LogP contribution in [0.15, 0.2) is 40.8 Å². The summed E-state index contributed by atoms with van der Waals surface area (Å²) in [5.41, 5.74) is 5.02. The molecule has 0 atom stereocenters. The zero-order valence-corrected chi connectivity index (χ0v) is 10.9. The summed E-state index contributed by atoms with van der Waals surface area (Å²) >= 11 is 1.56. The Morgan fingerprint density at radius 1 is 1.21 bits per heavy atom. The molecule has 0 radical (unpaired) electrons. The minimum absolute atomic E-state index is 0.0430. The summed E-state index contributed by atoms with van der Waals surface area (Å²) in [5.74, 6) is 0. The first-order chi connectivity index (χ1) is 9.22. The molecule has 0 unspecified atom stereocenters. The molecule has 0 aliphatic heterocycles. The second-order valence-corrected chi connectivity index (χ2v) is 5.43. The van der Waals surface area contributed by atoms with Crippen LogP contribution in [-0.2, 0) is 0 Å². The fourth-order valence-corrected chi connectivity index (χ4v) is 2.95. The maximum atomic E-state index is 12.5. The van der Waals surface area contributed by atoms with Crippen molar-refractivity contribution >= 4 is 38.1 Å². The van der Waals surface area contributed by atoms with Crippen molar-refractivity contribution in [1.29, 1.82) is 0 Å². The molecule has 4 nitrogen and oxygen atoms in total. The van der Waals surface area contributed by atoms with E-state index in [9.17, 15) is 4.79 Å². The summed E-state index contributed by atoms with van der Waals surface area (Å²) in [6.45, 7) is 1.96. The Kier molecular flexibility index (Phi) is 2.02. The SMILES string of the molecule is Cc1ccc2nc3cc4scnc4cc3c(=O)n2c1. The molecule has 19 heavy (non-hydrogen) atoms. The monoisotopic (exact) mass is 267 g/mol. The molecule has 0 fully saturated rings. The summed E-state index contributed by atoms with van der Waals surface area (Å²) in [6.07, 6.45) is 1.81. The molecule has 92 valence electrons. The van der Waals surface area contributed by atoms with Crippen molar-refractivity contribution in [1.82, 2.24) is 14.4 Å². The predicted molar refractivity (Wildman–Crippen MR) is 76.9 cm³/mol. The highest BCUT2D eigenvalue weighted by Gasteiger charge is 2.08. The normalized spacial score (nSPS) is 11.6. The first kappa shape index (κ1) is 10.6. The molecule has 0 saturated heterocycles. The Bertz CT molecular complexity index is 1000. The highest BCUT2D eigenvalue weighted by atomic mass is 32.1. The summed E-state index contributed by atoms with van der Waals surface area (Å²) in [5, 5.41) is 0.613. The van der Waals surface area contributed by atoms with Crippen LogP contribution in [0.1, 0.15) is 5.56 Å². The van der Waals surface area contributed by atoms with Gasteiger partial charge in [0.1, 0.15) is 5.65 Å². The van der Waals surface area contributed by atoms with Gasteiger partial charge >= 0.3 is 0 Å². The molecule has 0 N–H and O–H groups in total. The zero-order chi connectivity index (χ0) is 13.0. The largest absolute Gasteiger partial charge is 0.268 e. The van der Waals surface area contributed by atoms with Gasteiger partial charge in [-0.2, -0.15) is 0 Å². The first-order valence-corrected chi connectivity index (χ1v) is 6.76. The van der Waals surface area contributed by atoms with Crippen molar-refractivity contribution < 1.29 is 0 Å². The lowest BCUT2D eigenvalue weighted by Crippen LogP contribution is -2.15. The van der Waals surface area contributed by atoms with Crippen molar-refractivity contribution in [3.8, 4) is 0 Å². The second-order valence-electron chi connectivity index (χ2n) is 4.54. The topological polar surface area (TPSA) is 47.3 Å². The molecule has 0 bridgehead atoms. The molecule has 5 heteroatoms. The Labute approximate surface area is 112 Å². The van der Waals surface area contributed by atoms with Crippen molar-refractivity contribution in [2.75, 3.05) is 0 Å². The van der Waals surface area contributed by atoms with Crippen LogP contribution in [0.4, 0.5) is 0 Å². The van der Waals surface area contributed by atoms with Gasteiger partial charge in [-0.3, -0.25) is 9.20 Å². The molecule has 1 aromatic carbocycles. The molecule has 0 amide bonds. The van der Waals surface area contributed by atoms with Gasteiger partial charge in [0.2, 0.25) is 0 Å². The number of fused-ring (bicyclic) bond motifs is 3. The molecule has 3 aromatic heterocycles. The van der Waals surface area contributed by atoms with E-state index >= 15 is 0 Å². The smallest absolute Gasteiger partial charge is 0.265 e. The maximum Gasteiger partial charge on any atom is 0.265 e. The van der Waals surface area contributed by atoms with E-state index in [0.29, 0.717) is 11.0 Å². The van der Waals surface area contributed by atoms with Gasteiger partial charge in [-0.15, -0.1) is 11.3 Å². The zero-order valence-electron chi connectivity index (χ0n) is 10.1. The van der Waals surface area contributed by atoms with Crippen LogP contribution in [0.3, 0.4) is 0 Å². The van der Waals surface area contributed by atoms with Crippen LogP contribution in [0.5, 0.6) is 0 Å². The van der Waals surface area contributed by atoms with Crippen molar-refractivity contribution in [3.05, 3.63) is 51.9 Å². The number of hydrogen-bond acceptors (Lipinski definition) is 4. The number of aromatic nitrogens is 3. The summed E-state index contributed by atoms with van der Waals surface area (Å²) in [7, 11) is 0. The summed E-state index contributed by atoms with van der Waals surface area (Å²) in [4.78, 5) is 21.3. The minimum atomic E-state index is -0.0430. The molecular formula is C14H9N3OS. The van der Waals surface area contributed by atoms with E-state index < -0.39 is 0 Å². The quantitative estimate of drug-likeness (QED) is 0.460. The Morgan fingerprint density at radius 2 is 2.11 bits per heavy atom. The average molecular weight is 267 g/mol. The highest BCUT2D eigenvalue weighted by Crippen LogP contribution is 2.22. The first-order valence-electron chi connectivity index (χ1n) is 5.88. The predicted octanol–water partition coefficient (Wildman–Crippen LogP) is 2.77. The van der Waals surface area contributed by atoms with E-state index in [-0.39, 0.29) is 5.56 Å². The van der Waals surface area contributed by atoms with Gasteiger partial charge in [-0.25, -0.2) is 9.97 Å². The molecule has 0 aliphatic carbocycles. The van der Waals surface area contributed by atoms with Crippen LogP contribution in [0.25, 0.3) is 26.8 Å². The van der Waals surface area contributed by atoms with Crippen molar-refractivity contribution in [3.63, 3.8) is 0 Å². The standard InChI is InChI=1S/C14H9N3OS/c1-8-2-3-13-16-10-5-12-11(15-7-19-12)4-9(10)14(18)17(13)6-8/h2-7H,1H3. The molecule has 4 aromatic rings. The molecule has 0 aliphatic rings. The molecule has 0 saturated carbocycles. The van der Waals surface area contributed by atoms with Crippen molar-refractivity contribution in [2.24, 2.45) is 0 Å². The van der Waals surface area contributed by atoms with Crippen LogP contribution in [-0.4, -0.2) is 14.4 Å². The number of benzene rings is 1. The summed E-state index contributed by atoms with van der Waals surface area (Å²) < 4.78 is 2.64. The average Bonchev–Trinajstić information content (AvgIpc) is 2.85. The van der Waals surface area contributed by atoms with E-state index in [4.69, 9.17) is 0 Å². The van der Waals surface area contributed by atoms with E-state index in [0.717, 1.165) is 21.3 Å². The van der Waals surface area contributed by atoms with E-state index in [1.807, 2.05) is 37.4 Å². The Morgan fingerprint density at radius 3 is 3.00 bits per heavy atom. The minimum Gasteiger partial charge on any atom is -0.268 e. The fourth-order valence-electron chi connectivity index (χ4n) is 2.26. The number of pyridine rings is 1. The van der Waals surface area contributed by atoms with Crippen molar-refractivity contribution in [2.45, 2.75) is 6.92 Å². The number of hydrogen-bond donors (Lipinski definition) is 0. The van der Waals surface area contributed by atoms with Crippen LogP contribution in [0.2, 0.25) is 0 Å². The molecule has 0 spiro atoms. The summed E-state index contributed by atoms with van der Waals surface area (Å²) in [6, 6.07) is 7.58. The third-order valence-electron chi connectivity index (χ3n) is 3.21. The second kappa shape index (κ2) is 3.61. The Hall–Kier alpha value is -2.27. The van der Waals surface area contributed by atoms with Crippen LogP contribution in [0, 0.1) is 6.92 Å². The van der Waals surface area contributed by atoms with Gasteiger partial charge in [-0.05, 0) is 30.7 Å². The van der Waals surface area contributed by atoms with Crippen LogP contribution < -0.4 is 5.56 Å². The van der Waals surface area contributed by atoms with E-state index in [2.05, 4.69) is 9.97 Å². The third kappa shape index (κ3) is 1.48. The Balaban J connectivity index is 2.29.